The molecule has 0 bridgehead atoms. The molecule has 0 atom stereocenters. The van der Waals surface area contributed by atoms with Gasteiger partial charge in [0.25, 0.3) is 0 Å². The van der Waals surface area contributed by atoms with Crippen LogP contribution in [0.4, 0.5) is 0 Å². The van der Waals surface area contributed by atoms with Crippen LogP contribution in [0.3, 0.4) is 0 Å². The second-order valence-corrected chi connectivity index (χ2v) is 9.18. The van der Waals surface area contributed by atoms with Crippen molar-refractivity contribution in [2.24, 2.45) is 11.3 Å². The summed E-state index contributed by atoms with van der Waals surface area (Å²) in [6.45, 7) is 5.85. The first kappa shape index (κ1) is 22.7. The smallest absolute Gasteiger partial charge is 0.335 e. The van der Waals surface area contributed by atoms with E-state index in [1.165, 1.54) is 25.7 Å². The first-order chi connectivity index (χ1) is 15.8. The number of carboxylic acid groups (broad SMARTS) is 1. The van der Waals surface area contributed by atoms with Gasteiger partial charge in [0.15, 0.2) is 5.82 Å². The molecule has 9 heteroatoms. The lowest BCUT2D eigenvalue weighted by atomic mass is 9.95. The van der Waals surface area contributed by atoms with Crippen molar-refractivity contribution in [2.75, 3.05) is 13.2 Å². The maximum absolute atomic E-state index is 11.2. The number of ether oxygens (including phenoxy) is 2. The summed E-state index contributed by atoms with van der Waals surface area (Å²) in [5.41, 5.74) is 2.37. The molecule has 0 aromatic carbocycles. The van der Waals surface area contributed by atoms with E-state index >= 15 is 0 Å². The summed E-state index contributed by atoms with van der Waals surface area (Å²) >= 11 is 0. The van der Waals surface area contributed by atoms with E-state index in [0.717, 1.165) is 22.4 Å². The predicted octanol–water partition coefficient (Wildman–Crippen LogP) is 4.30. The van der Waals surface area contributed by atoms with Gasteiger partial charge in [-0.15, -0.1) is 5.10 Å². The normalized spacial score (nSPS) is 14.4. The van der Waals surface area contributed by atoms with Crippen LogP contribution >= 0.6 is 0 Å². The van der Waals surface area contributed by atoms with Crippen LogP contribution in [0.15, 0.2) is 30.6 Å². The van der Waals surface area contributed by atoms with E-state index in [9.17, 15) is 9.90 Å². The molecule has 3 aromatic heterocycles. The fourth-order valence-corrected chi connectivity index (χ4v) is 3.70. The molecule has 0 aliphatic heterocycles. The van der Waals surface area contributed by atoms with Gasteiger partial charge >= 0.3 is 12.0 Å². The van der Waals surface area contributed by atoms with Crippen molar-refractivity contribution >= 4 is 5.97 Å². The fourth-order valence-electron chi connectivity index (χ4n) is 3.70. The Kier molecular flexibility index (Phi) is 6.57. The Hall–Kier alpha value is -3.49. The van der Waals surface area contributed by atoms with Crippen LogP contribution in [0.1, 0.15) is 45.1 Å². The topological polar surface area (TPSA) is 123 Å². The van der Waals surface area contributed by atoms with E-state index < -0.39 is 11.4 Å². The number of rotatable bonds is 9. The van der Waals surface area contributed by atoms with Crippen molar-refractivity contribution in [1.29, 1.82) is 0 Å². The Balaban J connectivity index is 1.40. The third-order valence-electron chi connectivity index (χ3n) is 5.95. The summed E-state index contributed by atoms with van der Waals surface area (Å²) < 4.78 is 11.3. The monoisotopic (exact) mass is 451 g/mol. The van der Waals surface area contributed by atoms with Gasteiger partial charge in [-0.1, -0.05) is 12.8 Å². The summed E-state index contributed by atoms with van der Waals surface area (Å²) in [5.74, 6) is 0.675. The Bertz CT molecular complexity index is 1100. The van der Waals surface area contributed by atoms with Crippen LogP contribution < -0.4 is 9.47 Å². The lowest BCUT2D eigenvalue weighted by molar-refractivity contribution is -0.148. The number of hydrogen-bond acceptors (Lipinski definition) is 7. The number of aromatic amines is 1. The van der Waals surface area contributed by atoms with Crippen molar-refractivity contribution in [3.8, 4) is 34.5 Å². The molecule has 3 aromatic rings. The number of aromatic nitrogens is 5. The molecular formula is C24H29N5O4. The van der Waals surface area contributed by atoms with Gasteiger partial charge in [0, 0.05) is 29.6 Å². The molecule has 0 radical (unpaired) electrons. The zero-order valence-electron chi connectivity index (χ0n) is 19.2. The predicted molar refractivity (Wildman–Crippen MR) is 122 cm³/mol. The zero-order chi connectivity index (χ0) is 23.4. The summed E-state index contributed by atoms with van der Waals surface area (Å²) in [4.78, 5) is 24.5. The molecule has 9 nitrogen and oxygen atoms in total. The van der Waals surface area contributed by atoms with Crippen molar-refractivity contribution in [2.45, 2.75) is 46.5 Å². The lowest BCUT2D eigenvalue weighted by Crippen LogP contribution is -2.30. The average Bonchev–Trinajstić information content (AvgIpc) is 3.49. The van der Waals surface area contributed by atoms with Gasteiger partial charge in [-0.05, 0) is 57.2 Å². The highest BCUT2D eigenvalue weighted by Crippen LogP contribution is 2.27. The second-order valence-electron chi connectivity index (χ2n) is 9.18. The summed E-state index contributed by atoms with van der Waals surface area (Å²) in [6, 6.07) is 5.97. The van der Waals surface area contributed by atoms with Gasteiger partial charge in [-0.3, -0.25) is 14.9 Å². The highest BCUT2D eigenvalue weighted by atomic mass is 16.5. The van der Waals surface area contributed by atoms with Gasteiger partial charge in [-0.25, -0.2) is 4.98 Å². The van der Waals surface area contributed by atoms with Crippen LogP contribution in [-0.4, -0.2) is 49.4 Å². The average molecular weight is 452 g/mol. The maximum atomic E-state index is 11.2. The van der Waals surface area contributed by atoms with Crippen molar-refractivity contribution in [3.63, 3.8) is 0 Å². The molecule has 1 saturated carbocycles. The van der Waals surface area contributed by atoms with Crippen LogP contribution in [0.5, 0.6) is 11.9 Å². The van der Waals surface area contributed by atoms with E-state index in [-0.39, 0.29) is 6.61 Å². The Labute approximate surface area is 192 Å². The third-order valence-corrected chi connectivity index (χ3v) is 5.95. The second kappa shape index (κ2) is 9.56. The minimum atomic E-state index is -0.992. The van der Waals surface area contributed by atoms with Gasteiger partial charge in [-0.2, -0.15) is 4.98 Å². The number of H-pyrrole nitrogens is 1. The minimum Gasteiger partial charge on any atom is -0.481 e. The molecule has 174 valence electrons. The van der Waals surface area contributed by atoms with Crippen LogP contribution in [0.2, 0.25) is 0 Å². The van der Waals surface area contributed by atoms with Crippen molar-refractivity contribution in [3.05, 3.63) is 36.2 Å². The lowest BCUT2D eigenvalue weighted by Gasteiger charge is -2.19. The Morgan fingerprint density at radius 3 is 2.64 bits per heavy atom. The molecule has 33 heavy (non-hydrogen) atoms. The highest BCUT2D eigenvalue weighted by Gasteiger charge is 2.28. The number of aryl methyl sites for hydroxylation is 1. The van der Waals surface area contributed by atoms with Crippen molar-refractivity contribution in [1.82, 2.24) is 25.1 Å². The molecule has 1 aliphatic carbocycles. The number of carboxylic acids is 1. The molecule has 0 spiro atoms. The van der Waals surface area contributed by atoms with E-state index in [2.05, 4.69) is 25.1 Å². The summed E-state index contributed by atoms with van der Waals surface area (Å²) in [6.07, 6.45) is 8.40. The van der Waals surface area contributed by atoms with Gasteiger partial charge in [0.2, 0.25) is 5.88 Å². The highest BCUT2D eigenvalue weighted by molar-refractivity contribution is 5.73. The summed E-state index contributed by atoms with van der Waals surface area (Å²) in [5, 5.41) is 16.3. The van der Waals surface area contributed by atoms with E-state index in [1.807, 2.05) is 19.1 Å². The van der Waals surface area contributed by atoms with E-state index in [0.29, 0.717) is 30.2 Å². The first-order valence-electron chi connectivity index (χ1n) is 11.2. The van der Waals surface area contributed by atoms with E-state index in [1.54, 1.807) is 32.3 Å². The third kappa shape index (κ3) is 5.47. The van der Waals surface area contributed by atoms with Crippen molar-refractivity contribution < 1.29 is 19.4 Å². The quantitative estimate of drug-likeness (QED) is 0.494. The van der Waals surface area contributed by atoms with Crippen LogP contribution in [-0.2, 0) is 4.79 Å². The number of aliphatic carboxylic acids is 1. The number of pyridine rings is 2. The van der Waals surface area contributed by atoms with Gasteiger partial charge < -0.3 is 14.6 Å². The Morgan fingerprint density at radius 2 is 1.97 bits per heavy atom. The van der Waals surface area contributed by atoms with Crippen LogP contribution in [0, 0.1) is 18.3 Å². The number of hydrogen-bond donors (Lipinski definition) is 2. The van der Waals surface area contributed by atoms with E-state index in [4.69, 9.17) is 9.47 Å². The molecule has 1 aliphatic rings. The molecule has 3 heterocycles. The molecule has 2 N–H and O–H groups in total. The molecule has 4 rings (SSSR count). The summed E-state index contributed by atoms with van der Waals surface area (Å²) in [7, 11) is 0. The molecule has 0 amide bonds. The first-order valence-corrected chi connectivity index (χ1v) is 11.2. The zero-order valence-corrected chi connectivity index (χ0v) is 19.2. The fraction of sp³-hybridized carbons (Fsp3) is 0.458. The number of nitrogens with zero attached hydrogens (tertiary/aromatic N) is 4. The van der Waals surface area contributed by atoms with Crippen LogP contribution in [0.25, 0.3) is 22.6 Å². The molecular weight excluding hydrogens is 422 g/mol. The molecule has 1 fully saturated rings. The SMILES string of the molecule is Cc1cc(OCC(C)(C)C(=O)O)ncc1-c1ccc(-c2nc(OCC3CCCC3)n[nH]2)cn1. The molecule has 0 saturated heterocycles. The van der Waals surface area contributed by atoms with Gasteiger partial charge in [0.05, 0.1) is 17.7 Å². The number of carbonyl (C=O) groups is 1. The maximum Gasteiger partial charge on any atom is 0.335 e. The standard InChI is InChI=1S/C24H29N5O4/c1-15-10-20(33-14-24(2,3)22(30)31)26-12-18(15)19-9-8-17(11-25-19)21-27-23(29-28-21)32-13-16-6-4-5-7-16/h8-12,16H,4-7,13-14H2,1-3H3,(H,30,31)(H,27,28,29). The number of nitrogens with one attached hydrogen (secondary N) is 1. The van der Waals surface area contributed by atoms with Gasteiger partial charge in [0.1, 0.15) is 6.61 Å². The molecule has 0 unspecified atom stereocenters. The Morgan fingerprint density at radius 1 is 1.18 bits per heavy atom. The minimum absolute atomic E-state index is 0.0323. The largest absolute Gasteiger partial charge is 0.481 e.